The summed E-state index contributed by atoms with van der Waals surface area (Å²) in [6.07, 6.45) is 1.49. The summed E-state index contributed by atoms with van der Waals surface area (Å²) in [5.41, 5.74) is 0.640. The third kappa shape index (κ3) is 3.16. The maximum atomic E-state index is 10.2. The van der Waals surface area contributed by atoms with Gasteiger partial charge in [-0.15, -0.1) is 0 Å². The minimum Gasteiger partial charge on any atom is -0.546 e. The normalized spacial score (nSPS) is 9.93. The standard InChI is InChI=1S/C11H14O4/c1-2-4-8-9(12)5-3-6-10(8)15-7-11(13)14/h3,5-6,12H,2,4,7H2,1H3,(H,13,14)/p-1. The van der Waals surface area contributed by atoms with E-state index in [1.165, 1.54) is 0 Å². The topological polar surface area (TPSA) is 69.6 Å². The van der Waals surface area contributed by atoms with Crippen molar-refractivity contribution in [2.45, 2.75) is 19.8 Å². The largest absolute Gasteiger partial charge is 0.546 e. The molecule has 1 rings (SSSR count). The van der Waals surface area contributed by atoms with Crippen molar-refractivity contribution in [3.8, 4) is 11.5 Å². The van der Waals surface area contributed by atoms with Crippen molar-refractivity contribution < 1.29 is 19.7 Å². The van der Waals surface area contributed by atoms with Gasteiger partial charge in [-0.25, -0.2) is 0 Å². The second kappa shape index (κ2) is 5.24. The van der Waals surface area contributed by atoms with Gasteiger partial charge in [0, 0.05) is 5.56 Å². The lowest BCUT2D eigenvalue weighted by atomic mass is 10.1. The lowest BCUT2D eigenvalue weighted by Crippen LogP contribution is -2.29. The first-order valence-electron chi connectivity index (χ1n) is 4.78. The molecule has 0 spiro atoms. The maximum absolute atomic E-state index is 10.2. The van der Waals surface area contributed by atoms with Gasteiger partial charge >= 0.3 is 0 Å². The summed E-state index contributed by atoms with van der Waals surface area (Å²) >= 11 is 0. The minimum atomic E-state index is -1.28. The fourth-order valence-corrected chi connectivity index (χ4v) is 1.33. The van der Waals surface area contributed by atoms with Crippen molar-refractivity contribution >= 4 is 5.97 Å². The molecule has 4 heteroatoms. The Balaban J connectivity index is 2.85. The number of ether oxygens (including phenoxy) is 1. The molecule has 1 N–H and O–H groups in total. The number of carboxylic acids is 1. The summed E-state index contributed by atoms with van der Waals surface area (Å²) in [4.78, 5) is 10.2. The Morgan fingerprint density at radius 1 is 1.53 bits per heavy atom. The first-order valence-corrected chi connectivity index (χ1v) is 4.78. The highest BCUT2D eigenvalue weighted by Crippen LogP contribution is 2.28. The highest BCUT2D eigenvalue weighted by molar-refractivity contribution is 5.66. The van der Waals surface area contributed by atoms with E-state index in [2.05, 4.69) is 0 Å². The Morgan fingerprint density at radius 2 is 2.27 bits per heavy atom. The van der Waals surface area contributed by atoms with Crippen LogP contribution in [0, 0.1) is 0 Å². The number of hydrogen-bond acceptors (Lipinski definition) is 4. The number of phenols is 1. The van der Waals surface area contributed by atoms with Crippen LogP contribution in [0.4, 0.5) is 0 Å². The molecule has 0 aliphatic carbocycles. The van der Waals surface area contributed by atoms with E-state index in [0.717, 1.165) is 6.42 Å². The zero-order valence-corrected chi connectivity index (χ0v) is 8.53. The van der Waals surface area contributed by atoms with Crippen LogP contribution in [0.3, 0.4) is 0 Å². The molecule has 1 aromatic rings. The molecular weight excluding hydrogens is 196 g/mol. The van der Waals surface area contributed by atoms with Gasteiger partial charge in [-0.05, 0) is 18.6 Å². The fraction of sp³-hybridized carbons (Fsp3) is 0.364. The molecule has 4 nitrogen and oxygen atoms in total. The monoisotopic (exact) mass is 209 g/mol. The SMILES string of the molecule is CCCc1c(O)cccc1OCC(=O)[O-]. The Morgan fingerprint density at radius 3 is 2.87 bits per heavy atom. The summed E-state index contributed by atoms with van der Waals surface area (Å²) in [7, 11) is 0. The Kier molecular flexibility index (Phi) is 3.97. The molecule has 0 aromatic heterocycles. The van der Waals surface area contributed by atoms with E-state index in [4.69, 9.17) is 4.74 Å². The number of carboxylic acid groups (broad SMARTS) is 1. The quantitative estimate of drug-likeness (QED) is 0.765. The number of benzene rings is 1. The third-order valence-corrected chi connectivity index (χ3v) is 1.95. The van der Waals surface area contributed by atoms with Crippen LogP contribution in [-0.4, -0.2) is 17.7 Å². The summed E-state index contributed by atoms with van der Waals surface area (Å²) in [5.74, 6) is -0.741. The molecular formula is C11H13O4-. The molecule has 0 bridgehead atoms. The number of phenolic OH excluding ortho intramolecular Hbond substituents is 1. The van der Waals surface area contributed by atoms with Crippen LogP contribution in [0.5, 0.6) is 11.5 Å². The van der Waals surface area contributed by atoms with Gasteiger partial charge in [-0.3, -0.25) is 0 Å². The average molecular weight is 209 g/mol. The van der Waals surface area contributed by atoms with Gasteiger partial charge in [0.15, 0.2) is 0 Å². The number of carbonyl (C=O) groups excluding carboxylic acids is 1. The average Bonchev–Trinajstić information content (AvgIpc) is 2.19. The smallest absolute Gasteiger partial charge is 0.128 e. The van der Waals surface area contributed by atoms with E-state index >= 15 is 0 Å². The predicted molar refractivity (Wildman–Crippen MR) is 52.6 cm³/mol. The predicted octanol–water partition coefficient (Wildman–Crippen LogP) is 0.473. The van der Waals surface area contributed by atoms with Crippen LogP contribution in [0.2, 0.25) is 0 Å². The molecule has 0 saturated carbocycles. The zero-order chi connectivity index (χ0) is 11.3. The number of rotatable bonds is 5. The highest BCUT2D eigenvalue weighted by atomic mass is 16.5. The first-order chi connectivity index (χ1) is 7.15. The van der Waals surface area contributed by atoms with Crippen molar-refractivity contribution in [3.63, 3.8) is 0 Å². The molecule has 1 aromatic carbocycles. The zero-order valence-electron chi connectivity index (χ0n) is 8.53. The van der Waals surface area contributed by atoms with E-state index in [1.54, 1.807) is 18.2 Å². The molecule has 0 saturated heterocycles. The second-order valence-corrected chi connectivity index (χ2v) is 3.16. The van der Waals surface area contributed by atoms with Crippen LogP contribution < -0.4 is 9.84 Å². The molecule has 0 fully saturated rings. The molecule has 0 aliphatic rings. The Hall–Kier alpha value is -1.71. The van der Waals surface area contributed by atoms with Crippen molar-refractivity contribution in [2.24, 2.45) is 0 Å². The van der Waals surface area contributed by atoms with Gasteiger partial charge in [0.25, 0.3) is 0 Å². The summed E-state index contributed by atoms with van der Waals surface area (Å²) in [6, 6.07) is 4.80. The van der Waals surface area contributed by atoms with Crippen molar-refractivity contribution in [2.75, 3.05) is 6.61 Å². The molecule has 0 aliphatic heterocycles. The van der Waals surface area contributed by atoms with Gasteiger partial charge < -0.3 is 19.7 Å². The lowest BCUT2D eigenvalue weighted by Gasteiger charge is -2.12. The number of aromatic hydroxyl groups is 1. The van der Waals surface area contributed by atoms with Crippen LogP contribution in [0.1, 0.15) is 18.9 Å². The molecule has 0 atom stereocenters. The molecule has 0 heterocycles. The van der Waals surface area contributed by atoms with Gasteiger partial charge in [0.2, 0.25) is 0 Å². The van der Waals surface area contributed by atoms with Crippen molar-refractivity contribution in [1.29, 1.82) is 0 Å². The van der Waals surface area contributed by atoms with Crippen LogP contribution in [-0.2, 0) is 11.2 Å². The molecule has 15 heavy (non-hydrogen) atoms. The molecule has 0 amide bonds. The minimum absolute atomic E-state index is 0.132. The third-order valence-electron chi connectivity index (χ3n) is 1.95. The number of aliphatic carboxylic acids is 1. The Labute approximate surface area is 88.1 Å². The summed E-state index contributed by atoms with van der Waals surface area (Å²) in [6.45, 7) is 1.47. The molecule has 0 unspecified atom stereocenters. The molecule has 0 radical (unpaired) electrons. The van der Waals surface area contributed by atoms with Crippen LogP contribution in [0.25, 0.3) is 0 Å². The van der Waals surface area contributed by atoms with E-state index in [1.807, 2.05) is 6.92 Å². The fourth-order valence-electron chi connectivity index (χ4n) is 1.33. The van der Waals surface area contributed by atoms with E-state index in [0.29, 0.717) is 17.7 Å². The van der Waals surface area contributed by atoms with Gasteiger partial charge in [-0.1, -0.05) is 19.4 Å². The van der Waals surface area contributed by atoms with Gasteiger partial charge in [0.1, 0.15) is 18.1 Å². The van der Waals surface area contributed by atoms with E-state index in [9.17, 15) is 15.0 Å². The number of hydrogen-bond donors (Lipinski definition) is 1. The molecule has 82 valence electrons. The Bertz CT molecular complexity index is 346. The van der Waals surface area contributed by atoms with Gasteiger partial charge in [0.05, 0.1) is 5.97 Å². The highest BCUT2D eigenvalue weighted by Gasteiger charge is 2.07. The van der Waals surface area contributed by atoms with Crippen molar-refractivity contribution in [1.82, 2.24) is 0 Å². The second-order valence-electron chi connectivity index (χ2n) is 3.16. The summed E-state index contributed by atoms with van der Waals surface area (Å²) in [5, 5.41) is 19.8. The van der Waals surface area contributed by atoms with Crippen LogP contribution in [0.15, 0.2) is 18.2 Å². The number of carbonyl (C=O) groups is 1. The lowest BCUT2D eigenvalue weighted by molar-refractivity contribution is -0.307. The summed E-state index contributed by atoms with van der Waals surface area (Å²) < 4.78 is 5.01. The van der Waals surface area contributed by atoms with Crippen LogP contribution >= 0.6 is 0 Å². The van der Waals surface area contributed by atoms with Gasteiger partial charge in [-0.2, -0.15) is 0 Å². The van der Waals surface area contributed by atoms with Crippen molar-refractivity contribution in [3.05, 3.63) is 23.8 Å². The van der Waals surface area contributed by atoms with E-state index < -0.39 is 12.6 Å². The first kappa shape index (κ1) is 11.4. The van der Waals surface area contributed by atoms with E-state index in [-0.39, 0.29) is 5.75 Å². The maximum Gasteiger partial charge on any atom is 0.128 e.